The van der Waals surface area contributed by atoms with Crippen LogP contribution in [-0.4, -0.2) is 65.2 Å². The lowest BCUT2D eigenvalue weighted by atomic mass is 10.1. The van der Waals surface area contributed by atoms with Crippen LogP contribution >= 0.6 is 0 Å². The van der Waals surface area contributed by atoms with E-state index in [1.807, 2.05) is 37.3 Å². The van der Waals surface area contributed by atoms with Crippen molar-refractivity contribution >= 4 is 17.4 Å². The summed E-state index contributed by atoms with van der Waals surface area (Å²) in [6.45, 7) is 6.02. The highest BCUT2D eigenvalue weighted by Gasteiger charge is 2.18. The van der Waals surface area contributed by atoms with Crippen LogP contribution in [0.5, 0.6) is 11.5 Å². The molecule has 10 nitrogen and oxygen atoms in total. The van der Waals surface area contributed by atoms with Crippen LogP contribution in [0, 0.1) is 0 Å². The first-order valence-corrected chi connectivity index (χ1v) is 10.9. The Labute approximate surface area is 185 Å². The van der Waals surface area contributed by atoms with Gasteiger partial charge in [-0.2, -0.15) is 4.52 Å². The number of fused-ring (bicyclic) bond motifs is 2. The van der Waals surface area contributed by atoms with Crippen LogP contribution in [0.3, 0.4) is 0 Å². The third-order valence-corrected chi connectivity index (χ3v) is 5.67. The number of aromatic nitrogens is 4. The van der Waals surface area contributed by atoms with Crippen molar-refractivity contribution in [1.82, 2.24) is 25.1 Å². The third-order valence-electron chi connectivity index (χ3n) is 5.67. The van der Waals surface area contributed by atoms with Gasteiger partial charge in [-0.1, -0.05) is 6.07 Å². The molecule has 3 aromatic rings. The normalized spacial score (nSPS) is 16.7. The number of carbonyl (C=O) groups excluding carboxylic acids is 1. The number of morpholine rings is 1. The van der Waals surface area contributed by atoms with Crippen LogP contribution in [0.4, 0.5) is 5.82 Å². The molecule has 32 heavy (non-hydrogen) atoms. The predicted octanol–water partition coefficient (Wildman–Crippen LogP) is 1.54. The summed E-state index contributed by atoms with van der Waals surface area (Å²) < 4.78 is 18.3. The van der Waals surface area contributed by atoms with E-state index >= 15 is 0 Å². The van der Waals surface area contributed by atoms with Gasteiger partial charge in [-0.25, -0.2) is 0 Å². The Bertz CT molecular complexity index is 1110. The zero-order valence-electron chi connectivity index (χ0n) is 18.0. The lowest BCUT2D eigenvalue weighted by molar-refractivity contribution is -0.121. The molecule has 0 bridgehead atoms. The summed E-state index contributed by atoms with van der Waals surface area (Å²) in [7, 11) is 0. The van der Waals surface area contributed by atoms with Gasteiger partial charge in [-0.05, 0) is 36.8 Å². The molecule has 2 aliphatic rings. The maximum atomic E-state index is 12.6. The Morgan fingerprint density at radius 1 is 1.06 bits per heavy atom. The fourth-order valence-electron chi connectivity index (χ4n) is 3.89. The van der Waals surface area contributed by atoms with Crippen molar-refractivity contribution in [2.75, 3.05) is 44.4 Å². The van der Waals surface area contributed by atoms with Crippen molar-refractivity contribution < 1.29 is 19.0 Å². The first-order valence-electron chi connectivity index (χ1n) is 10.9. The minimum absolute atomic E-state index is 0.0616. The summed E-state index contributed by atoms with van der Waals surface area (Å²) >= 11 is 0. The molecular formula is C22H26N6O4. The van der Waals surface area contributed by atoms with Gasteiger partial charge < -0.3 is 24.4 Å². The molecule has 0 radical (unpaired) electrons. The van der Waals surface area contributed by atoms with E-state index in [4.69, 9.17) is 19.3 Å². The summed E-state index contributed by atoms with van der Waals surface area (Å²) in [5.74, 6) is 2.91. The number of carbonyl (C=O) groups is 1. The number of hydrogen-bond acceptors (Lipinski definition) is 8. The molecule has 10 heteroatoms. The molecule has 0 unspecified atom stereocenters. The van der Waals surface area contributed by atoms with Gasteiger partial charge in [0.15, 0.2) is 23.0 Å². The number of amides is 1. The van der Waals surface area contributed by atoms with Gasteiger partial charge in [0, 0.05) is 25.9 Å². The number of rotatable bonds is 6. The highest BCUT2D eigenvalue weighted by atomic mass is 16.6. The van der Waals surface area contributed by atoms with Crippen molar-refractivity contribution in [1.29, 1.82) is 0 Å². The number of ether oxygens (including phenoxy) is 3. The number of nitrogens with one attached hydrogen (secondary N) is 1. The Morgan fingerprint density at radius 3 is 2.72 bits per heavy atom. The summed E-state index contributed by atoms with van der Waals surface area (Å²) in [6.07, 6.45) is 0.736. The van der Waals surface area contributed by atoms with Gasteiger partial charge in [0.1, 0.15) is 19.0 Å². The van der Waals surface area contributed by atoms with E-state index in [0.29, 0.717) is 56.5 Å². The quantitative estimate of drug-likeness (QED) is 0.618. The van der Waals surface area contributed by atoms with Gasteiger partial charge in [0.2, 0.25) is 5.91 Å². The van der Waals surface area contributed by atoms with E-state index in [1.54, 1.807) is 4.52 Å². The second-order valence-corrected chi connectivity index (χ2v) is 7.87. The number of anilines is 1. The van der Waals surface area contributed by atoms with E-state index in [1.165, 1.54) is 0 Å². The van der Waals surface area contributed by atoms with E-state index in [2.05, 4.69) is 20.4 Å². The fraction of sp³-hybridized carbons (Fsp3) is 0.455. The smallest absolute Gasteiger partial charge is 0.220 e. The number of hydrogen-bond donors (Lipinski definition) is 1. The maximum absolute atomic E-state index is 12.6. The van der Waals surface area contributed by atoms with Gasteiger partial charge >= 0.3 is 0 Å². The Hall–Kier alpha value is -3.40. The standard InChI is InChI=1S/C22H26N6O4/c1-15(16-2-3-17-18(14-16)32-13-12-31-17)23-22(29)7-6-20-25-24-19-4-5-21(26-28(19)20)27-8-10-30-11-9-27/h2-5,14-15H,6-13H2,1H3,(H,23,29)/t15-/m0/s1. The first-order chi connectivity index (χ1) is 15.7. The summed E-state index contributed by atoms with van der Waals surface area (Å²) in [5, 5.41) is 16.2. The Balaban J connectivity index is 1.22. The zero-order chi connectivity index (χ0) is 21.9. The second kappa shape index (κ2) is 8.99. The van der Waals surface area contributed by atoms with Gasteiger partial charge in [-0.15, -0.1) is 15.3 Å². The molecule has 0 saturated carbocycles. The highest BCUT2D eigenvalue weighted by molar-refractivity contribution is 5.76. The summed E-state index contributed by atoms with van der Waals surface area (Å²) in [5.41, 5.74) is 1.63. The molecule has 4 heterocycles. The van der Waals surface area contributed by atoms with E-state index in [9.17, 15) is 4.79 Å². The first kappa shape index (κ1) is 20.5. The molecule has 1 saturated heterocycles. The lowest BCUT2D eigenvalue weighted by Crippen LogP contribution is -2.37. The minimum atomic E-state index is -0.153. The predicted molar refractivity (Wildman–Crippen MR) is 116 cm³/mol. The molecule has 1 atom stereocenters. The molecule has 168 valence electrons. The van der Waals surface area contributed by atoms with Gasteiger partial charge in [0.05, 0.1) is 19.3 Å². The van der Waals surface area contributed by atoms with Gasteiger partial charge in [0.25, 0.3) is 0 Å². The molecule has 1 N–H and O–H groups in total. The Kier molecular flexibility index (Phi) is 5.76. The van der Waals surface area contributed by atoms with Crippen molar-refractivity contribution in [3.05, 3.63) is 41.7 Å². The number of nitrogens with zero attached hydrogens (tertiary/aromatic N) is 5. The van der Waals surface area contributed by atoms with Crippen LogP contribution in [0.1, 0.15) is 30.8 Å². The molecule has 1 fully saturated rings. The van der Waals surface area contributed by atoms with Crippen molar-refractivity contribution in [2.45, 2.75) is 25.8 Å². The molecule has 5 rings (SSSR count). The molecule has 1 amide bonds. The highest BCUT2D eigenvalue weighted by Crippen LogP contribution is 2.32. The van der Waals surface area contributed by atoms with E-state index in [0.717, 1.165) is 30.2 Å². The lowest BCUT2D eigenvalue weighted by Gasteiger charge is -2.27. The summed E-state index contributed by atoms with van der Waals surface area (Å²) in [6, 6.07) is 9.44. The van der Waals surface area contributed by atoms with Gasteiger partial charge in [-0.3, -0.25) is 4.79 Å². The van der Waals surface area contributed by atoms with Crippen LogP contribution in [0.2, 0.25) is 0 Å². The van der Waals surface area contributed by atoms with Crippen LogP contribution in [-0.2, 0) is 16.0 Å². The molecule has 0 aliphatic carbocycles. The maximum Gasteiger partial charge on any atom is 0.220 e. The number of benzene rings is 1. The zero-order valence-corrected chi connectivity index (χ0v) is 18.0. The minimum Gasteiger partial charge on any atom is -0.486 e. The van der Waals surface area contributed by atoms with Crippen molar-refractivity contribution in [3.8, 4) is 11.5 Å². The monoisotopic (exact) mass is 438 g/mol. The summed E-state index contributed by atoms with van der Waals surface area (Å²) in [4.78, 5) is 14.8. The average molecular weight is 438 g/mol. The van der Waals surface area contributed by atoms with Crippen molar-refractivity contribution in [3.63, 3.8) is 0 Å². The molecule has 0 spiro atoms. The topological polar surface area (TPSA) is 103 Å². The molecule has 2 aliphatic heterocycles. The Morgan fingerprint density at radius 2 is 1.88 bits per heavy atom. The van der Waals surface area contributed by atoms with Crippen LogP contribution < -0.4 is 19.7 Å². The van der Waals surface area contributed by atoms with Crippen molar-refractivity contribution in [2.24, 2.45) is 0 Å². The largest absolute Gasteiger partial charge is 0.486 e. The van der Waals surface area contributed by atoms with E-state index in [-0.39, 0.29) is 11.9 Å². The second-order valence-electron chi connectivity index (χ2n) is 7.87. The molecule has 1 aromatic carbocycles. The fourth-order valence-corrected chi connectivity index (χ4v) is 3.89. The van der Waals surface area contributed by atoms with Crippen LogP contribution in [0.15, 0.2) is 30.3 Å². The third kappa shape index (κ3) is 4.31. The average Bonchev–Trinajstić information content (AvgIpc) is 3.25. The molecule has 2 aromatic heterocycles. The number of aryl methyl sites for hydroxylation is 1. The van der Waals surface area contributed by atoms with Crippen LogP contribution in [0.25, 0.3) is 5.65 Å². The van der Waals surface area contributed by atoms with E-state index < -0.39 is 0 Å². The SMILES string of the molecule is C[C@H](NC(=O)CCc1nnc2ccc(N3CCOCC3)nn12)c1ccc2c(c1)OCCO2. The molecular weight excluding hydrogens is 412 g/mol.